The molecule has 0 fully saturated rings. The van der Waals surface area contributed by atoms with E-state index in [1.165, 1.54) is 0 Å². The SMILES string of the molecule is COCCN(C(C)C)C(CN)c1cccc(OC)c1OC. The molecule has 120 valence electrons. The van der Waals surface area contributed by atoms with Crippen molar-refractivity contribution in [3.8, 4) is 11.5 Å². The molecule has 5 nitrogen and oxygen atoms in total. The van der Waals surface area contributed by atoms with E-state index in [9.17, 15) is 0 Å². The van der Waals surface area contributed by atoms with Gasteiger partial charge in [0.1, 0.15) is 0 Å². The molecule has 1 aromatic rings. The lowest BCUT2D eigenvalue weighted by Crippen LogP contribution is -2.40. The maximum atomic E-state index is 6.05. The van der Waals surface area contributed by atoms with E-state index < -0.39 is 0 Å². The van der Waals surface area contributed by atoms with Gasteiger partial charge in [0, 0.05) is 31.8 Å². The smallest absolute Gasteiger partial charge is 0.165 e. The van der Waals surface area contributed by atoms with Gasteiger partial charge in [-0.25, -0.2) is 0 Å². The molecule has 1 rings (SSSR count). The highest BCUT2D eigenvalue weighted by Crippen LogP contribution is 2.37. The topological polar surface area (TPSA) is 57.0 Å². The second-order valence-corrected chi connectivity index (χ2v) is 5.16. The Labute approximate surface area is 128 Å². The number of nitrogens with two attached hydrogens (primary N) is 1. The first-order chi connectivity index (χ1) is 10.1. The van der Waals surface area contributed by atoms with Crippen LogP contribution in [0.3, 0.4) is 0 Å². The predicted octanol–water partition coefficient (Wildman–Crippen LogP) is 2.06. The van der Waals surface area contributed by atoms with Gasteiger partial charge in [0.25, 0.3) is 0 Å². The van der Waals surface area contributed by atoms with Crippen molar-refractivity contribution in [1.29, 1.82) is 0 Å². The van der Waals surface area contributed by atoms with Gasteiger partial charge in [-0.2, -0.15) is 0 Å². The van der Waals surface area contributed by atoms with Gasteiger partial charge in [0.2, 0.25) is 0 Å². The summed E-state index contributed by atoms with van der Waals surface area (Å²) in [5, 5.41) is 0. The van der Waals surface area contributed by atoms with Crippen LogP contribution in [0.4, 0.5) is 0 Å². The van der Waals surface area contributed by atoms with Gasteiger partial charge in [-0.3, -0.25) is 4.90 Å². The number of hydrogen-bond donors (Lipinski definition) is 1. The molecule has 0 spiro atoms. The van der Waals surface area contributed by atoms with Crippen LogP contribution in [0.25, 0.3) is 0 Å². The molecule has 1 unspecified atom stereocenters. The van der Waals surface area contributed by atoms with Crippen LogP contribution in [0.5, 0.6) is 11.5 Å². The van der Waals surface area contributed by atoms with E-state index in [2.05, 4.69) is 18.7 Å². The lowest BCUT2D eigenvalue weighted by molar-refractivity contribution is 0.0967. The van der Waals surface area contributed by atoms with Crippen LogP contribution in [0.15, 0.2) is 18.2 Å². The summed E-state index contributed by atoms with van der Waals surface area (Å²) in [5.74, 6) is 1.47. The van der Waals surface area contributed by atoms with Gasteiger partial charge in [0.05, 0.1) is 26.9 Å². The fourth-order valence-corrected chi connectivity index (χ4v) is 2.59. The van der Waals surface area contributed by atoms with Crippen molar-refractivity contribution in [2.45, 2.75) is 25.9 Å². The largest absolute Gasteiger partial charge is 0.493 e. The van der Waals surface area contributed by atoms with E-state index in [0.29, 0.717) is 19.2 Å². The van der Waals surface area contributed by atoms with Crippen LogP contribution in [0.2, 0.25) is 0 Å². The van der Waals surface area contributed by atoms with Crippen molar-refractivity contribution >= 4 is 0 Å². The van der Waals surface area contributed by atoms with Crippen molar-refractivity contribution in [1.82, 2.24) is 4.90 Å². The molecular formula is C16H28N2O3. The number of ether oxygens (including phenoxy) is 3. The normalized spacial score (nSPS) is 12.8. The van der Waals surface area contributed by atoms with Crippen LogP contribution in [0.1, 0.15) is 25.5 Å². The molecule has 5 heteroatoms. The molecule has 0 amide bonds. The second kappa shape index (κ2) is 8.87. The van der Waals surface area contributed by atoms with E-state index >= 15 is 0 Å². The first-order valence-electron chi connectivity index (χ1n) is 7.26. The zero-order chi connectivity index (χ0) is 15.8. The summed E-state index contributed by atoms with van der Waals surface area (Å²) in [4.78, 5) is 2.32. The average Bonchev–Trinajstić information content (AvgIpc) is 2.50. The predicted molar refractivity (Wildman–Crippen MR) is 85.1 cm³/mol. The van der Waals surface area contributed by atoms with Crippen molar-refractivity contribution in [3.05, 3.63) is 23.8 Å². The Balaban J connectivity index is 3.18. The van der Waals surface area contributed by atoms with E-state index in [1.54, 1.807) is 21.3 Å². The summed E-state index contributed by atoms with van der Waals surface area (Å²) in [6.07, 6.45) is 0. The maximum absolute atomic E-state index is 6.05. The van der Waals surface area contributed by atoms with Gasteiger partial charge in [-0.1, -0.05) is 12.1 Å². The fourth-order valence-electron chi connectivity index (χ4n) is 2.59. The van der Waals surface area contributed by atoms with E-state index in [0.717, 1.165) is 23.6 Å². The van der Waals surface area contributed by atoms with E-state index in [4.69, 9.17) is 19.9 Å². The molecule has 0 heterocycles. The Hall–Kier alpha value is -1.30. The Bertz CT molecular complexity index is 424. The van der Waals surface area contributed by atoms with E-state index in [1.807, 2.05) is 18.2 Å². The molecule has 0 saturated heterocycles. The molecule has 0 saturated carbocycles. The third-order valence-corrected chi connectivity index (χ3v) is 3.63. The summed E-state index contributed by atoms with van der Waals surface area (Å²) in [7, 11) is 5.01. The van der Waals surface area contributed by atoms with Crippen molar-refractivity contribution < 1.29 is 14.2 Å². The monoisotopic (exact) mass is 296 g/mol. The molecule has 0 radical (unpaired) electrons. The van der Waals surface area contributed by atoms with Gasteiger partial charge in [0.15, 0.2) is 11.5 Å². The van der Waals surface area contributed by atoms with Crippen LogP contribution in [-0.4, -0.2) is 52.0 Å². The molecule has 21 heavy (non-hydrogen) atoms. The summed E-state index contributed by atoms with van der Waals surface area (Å²) >= 11 is 0. The second-order valence-electron chi connectivity index (χ2n) is 5.16. The Morgan fingerprint density at radius 1 is 1.14 bits per heavy atom. The van der Waals surface area contributed by atoms with Crippen LogP contribution >= 0.6 is 0 Å². The first kappa shape index (κ1) is 17.8. The van der Waals surface area contributed by atoms with Crippen LogP contribution in [-0.2, 0) is 4.74 Å². The van der Waals surface area contributed by atoms with Crippen molar-refractivity contribution in [3.63, 3.8) is 0 Å². The molecule has 1 atom stereocenters. The zero-order valence-corrected chi connectivity index (χ0v) is 13.8. The maximum Gasteiger partial charge on any atom is 0.165 e. The van der Waals surface area contributed by atoms with Crippen molar-refractivity contribution in [2.75, 3.05) is 41.0 Å². The number of benzene rings is 1. The standard InChI is InChI=1S/C16H28N2O3/c1-12(2)18(9-10-19-3)14(11-17)13-7-6-8-15(20-4)16(13)21-5/h6-8,12,14H,9-11,17H2,1-5H3. The molecule has 0 bridgehead atoms. The first-order valence-corrected chi connectivity index (χ1v) is 7.26. The molecule has 0 aliphatic heterocycles. The highest BCUT2D eigenvalue weighted by atomic mass is 16.5. The molecule has 1 aromatic carbocycles. The van der Waals surface area contributed by atoms with Gasteiger partial charge in [-0.15, -0.1) is 0 Å². The summed E-state index contributed by atoms with van der Waals surface area (Å²) in [5.41, 5.74) is 7.10. The lowest BCUT2D eigenvalue weighted by Gasteiger charge is -2.35. The summed E-state index contributed by atoms with van der Waals surface area (Å²) in [6, 6.07) is 6.31. The number of rotatable bonds is 9. The zero-order valence-electron chi connectivity index (χ0n) is 13.8. The van der Waals surface area contributed by atoms with Gasteiger partial charge in [-0.05, 0) is 19.9 Å². The minimum absolute atomic E-state index is 0.0604. The summed E-state index contributed by atoms with van der Waals surface area (Å²) in [6.45, 7) is 6.30. The Kier molecular flexibility index (Phi) is 7.50. The molecule has 0 aromatic heterocycles. The molecule has 0 aliphatic carbocycles. The number of nitrogens with zero attached hydrogens (tertiary/aromatic N) is 1. The lowest BCUT2D eigenvalue weighted by atomic mass is 10.0. The molecular weight excluding hydrogens is 268 g/mol. The summed E-state index contributed by atoms with van der Waals surface area (Å²) < 4.78 is 16.1. The number of para-hydroxylation sites is 1. The Morgan fingerprint density at radius 2 is 1.86 bits per heavy atom. The number of methoxy groups -OCH3 is 3. The van der Waals surface area contributed by atoms with Crippen LogP contribution in [0, 0.1) is 0 Å². The minimum Gasteiger partial charge on any atom is -0.493 e. The number of hydrogen-bond acceptors (Lipinski definition) is 5. The van der Waals surface area contributed by atoms with Gasteiger partial charge >= 0.3 is 0 Å². The minimum atomic E-state index is 0.0604. The highest BCUT2D eigenvalue weighted by Gasteiger charge is 2.25. The highest BCUT2D eigenvalue weighted by molar-refractivity contribution is 5.48. The van der Waals surface area contributed by atoms with E-state index in [-0.39, 0.29) is 6.04 Å². The third kappa shape index (κ3) is 4.33. The van der Waals surface area contributed by atoms with Crippen molar-refractivity contribution in [2.24, 2.45) is 5.73 Å². The quantitative estimate of drug-likeness (QED) is 0.756. The fraction of sp³-hybridized carbons (Fsp3) is 0.625. The van der Waals surface area contributed by atoms with Crippen LogP contribution < -0.4 is 15.2 Å². The average molecular weight is 296 g/mol. The Morgan fingerprint density at radius 3 is 2.33 bits per heavy atom. The van der Waals surface area contributed by atoms with Gasteiger partial charge < -0.3 is 19.9 Å². The molecule has 2 N–H and O–H groups in total. The molecule has 0 aliphatic rings. The third-order valence-electron chi connectivity index (χ3n) is 3.63.